The first-order valence-corrected chi connectivity index (χ1v) is 4.66. The summed E-state index contributed by atoms with van der Waals surface area (Å²) < 4.78 is 5.98. The maximum absolute atomic E-state index is 9.93. The van der Waals surface area contributed by atoms with E-state index in [4.69, 9.17) is 10.2 Å². The third-order valence-electron chi connectivity index (χ3n) is 2.35. The predicted molar refractivity (Wildman–Crippen MR) is 47.7 cm³/mol. The van der Waals surface area contributed by atoms with E-state index in [0.717, 1.165) is 12.0 Å². The molecule has 0 aliphatic heterocycles. The largest absolute Gasteiger partial charge is 0.451 e. The van der Waals surface area contributed by atoms with Crippen LogP contribution < -0.4 is 5.73 Å². The Kier molecular flexibility index (Phi) is 1.78. The van der Waals surface area contributed by atoms with Gasteiger partial charge in [-0.2, -0.15) is 0 Å². The first kappa shape index (κ1) is 8.29. The lowest BCUT2D eigenvalue weighted by molar-refractivity contribution is 0.0262. The van der Waals surface area contributed by atoms with Gasteiger partial charge in [-0.05, 0) is 40.4 Å². The highest BCUT2D eigenvalue weighted by molar-refractivity contribution is 9.10. The second-order valence-corrected chi connectivity index (χ2v) is 3.92. The molecule has 0 saturated heterocycles. The van der Waals surface area contributed by atoms with Crippen LogP contribution >= 0.6 is 15.9 Å². The van der Waals surface area contributed by atoms with E-state index >= 15 is 0 Å². The van der Waals surface area contributed by atoms with Gasteiger partial charge in [-0.3, -0.25) is 0 Å². The normalized spacial score (nSPS) is 27.6. The maximum atomic E-state index is 9.93. The molecule has 0 saturated carbocycles. The second kappa shape index (κ2) is 2.58. The Morgan fingerprint density at radius 1 is 1.75 bits per heavy atom. The van der Waals surface area contributed by atoms with Crippen LogP contribution in [0.15, 0.2) is 15.2 Å². The molecule has 0 bridgehead atoms. The van der Waals surface area contributed by atoms with Crippen molar-refractivity contribution in [2.24, 2.45) is 5.73 Å². The van der Waals surface area contributed by atoms with E-state index in [1.54, 1.807) is 0 Å². The van der Waals surface area contributed by atoms with E-state index in [0.29, 0.717) is 16.9 Å². The van der Waals surface area contributed by atoms with Crippen LogP contribution in [0.2, 0.25) is 0 Å². The van der Waals surface area contributed by atoms with E-state index in [-0.39, 0.29) is 6.54 Å². The average molecular weight is 232 g/mol. The molecule has 1 heterocycles. The molecule has 3 N–H and O–H groups in total. The van der Waals surface area contributed by atoms with E-state index in [2.05, 4.69) is 15.9 Å². The van der Waals surface area contributed by atoms with Gasteiger partial charge >= 0.3 is 0 Å². The van der Waals surface area contributed by atoms with Crippen molar-refractivity contribution in [3.05, 3.63) is 22.1 Å². The van der Waals surface area contributed by atoms with Gasteiger partial charge in [-0.25, -0.2) is 0 Å². The van der Waals surface area contributed by atoms with Gasteiger partial charge in [0.05, 0.1) is 0 Å². The van der Waals surface area contributed by atoms with Crippen molar-refractivity contribution in [2.45, 2.75) is 18.4 Å². The summed E-state index contributed by atoms with van der Waals surface area (Å²) in [5.41, 5.74) is 5.60. The number of furan rings is 1. The van der Waals surface area contributed by atoms with Gasteiger partial charge in [0.2, 0.25) is 0 Å². The molecule has 1 aromatic heterocycles. The van der Waals surface area contributed by atoms with Crippen molar-refractivity contribution in [3.63, 3.8) is 0 Å². The van der Waals surface area contributed by atoms with Gasteiger partial charge < -0.3 is 15.3 Å². The molecule has 2 rings (SSSR count). The molecule has 1 unspecified atom stereocenters. The van der Waals surface area contributed by atoms with Gasteiger partial charge in [-0.1, -0.05) is 0 Å². The van der Waals surface area contributed by atoms with Crippen molar-refractivity contribution in [2.75, 3.05) is 6.54 Å². The topological polar surface area (TPSA) is 59.4 Å². The van der Waals surface area contributed by atoms with Crippen LogP contribution in [0.25, 0.3) is 0 Å². The number of fused-ring (bicyclic) bond motifs is 1. The van der Waals surface area contributed by atoms with E-state index in [1.807, 2.05) is 6.07 Å². The molecule has 0 spiro atoms. The van der Waals surface area contributed by atoms with Gasteiger partial charge in [0.1, 0.15) is 11.4 Å². The molecule has 0 amide bonds. The van der Waals surface area contributed by atoms with Gasteiger partial charge in [0.25, 0.3) is 0 Å². The SMILES string of the molecule is NCC1(O)CCc2cc(Br)oc21. The summed E-state index contributed by atoms with van der Waals surface area (Å²) in [6.07, 6.45) is 1.52. The lowest BCUT2D eigenvalue weighted by Gasteiger charge is -2.18. The van der Waals surface area contributed by atoms with Crippen LogP contribution in [0, 0.1) is 0 Å². The van der Waals surface area contributed by atoms with Gasteiger partial charge in [-0.15, -0.1) is 0 Å². The quantitative estimate of drug-likeness (QED) is 0.763. The zero-order valence-corrected chi connectivity index (χ0v) is 8.10. The van der Waals surface area contributed by atoms with E-state index in [1.165, 1.54) is 0 Å². The molecule has 1 aliphatic carbocycles. The molecular formula is C8H10BrNO2. The highest BCUT2D eigenvalue weighted by Gasteiger charge is 2.39. The second-order valence-electron chi connectivity index (χ2n) is 3.14. The fraction of sp³-hybridized carbons (Fsp3) is 0.500. The number of aryl methyl sites for hydroxylation is 1. The standard InChI is InChI=1S/C8H10BrNO2/c9-6-3-5-1-2-8(11,4-10)7(5)12-6/h3,11H,1-2,4,10H2. The highest BCUT2D eigenvalue weighted by Crippen LogP contribution is 2.39. The minimum atomic E-state index is -0.929. The van der Waals surface area contributed by atoms with Crippen LogP contribution in [0.1, 0.15) is 17.7 Å². The van der Waals surface area contributed by atoms with Crippen molar-refractivity contribution >= 4 is 15.9 Å². The summed E-state index contributed by atoms with van der Waals surface area (Å²) >= 11 is 3.22. The summed E-state index contributed by atoms with van der Waals surface area (Å²) in [6.45, 7) is 0.222. The number of hydrogen-bond donors (Lipinski definition) is 2. The predicted octanol–water partition coefficient (Wildman–Crippen LogP) is 1.13. The number of nitrogens with two attached hydrogens (primary N) is 1. The first-order valence-electron chi connectivity index (χ1n) is 3.87. The monoisotopic (exact) mass is 231 g/mol. The van der Waals surface area contributed by atoms with Crippen LogP contribution in [0.4, 0.5) is 0 Å². The van der Waals surface area contributed by atoms with E-state index in [9.17, 15) is 5.11 Å². The van der Waals surface area contributed by atoms with Crippen LogP contribution in [0.5, 0.6) is 0 Å². The third-order valence-corrected chi connectivity index (χ3v) is 2.74. The van der Waals surface area contributed by atoms with Crippen molar-refractivity contribution in [1.82, 2.24) is 0 Å². The molecule has 12 heavy (non-hydrogen) atoms. The lowest BCUT2D eigenvalue weighted by atomic mass is 10.0. The van der Waals surface area contributed by atoms with Gasteiger partial charge in [0, 0.05) is 6.54 Å². The van der Waals surface area contributed by atoms with Crippen molar-refractivity contribution in [1.29, 1.82) is 0 Å². The Balaban J connectivity index is 2.47. The molecular weight excluding hydrogens is 222 g/mol. The highest BCUT2D eigenvalue weighted by atomic mass is 79.9. The number of halogens is 1. The Hall–Kier alpha value is -0.320. The molecule has 4 heteroatoms. The number of aliphatic hydroxyl groups is 1. The van der Waals surface area contributed by atoms with Crippen molar-refractivity contribution in [3.8, 4) is 0 Å². The Labute approximate surface area is 78.7 Å². The van der Waals surface area contributed by atoms with Crippen LogP contribution in [-0.4, -0.2) is 11.7 Å². The fourth-order valence-corrected chi connectivity index (χ4v) is 2.06. The van der Waals surface area contributed by atoms with Crippen LogP contribution in [-0.2, 0) is 12.0 Å². The third kappa shape index (κ3) is 1.02. The minimum Gasteiger partial charge on any atom is -0.451 e. The smallest absolute Gasteiger partial charge is 0.169 e. The fourth-order valence-electron chi connectivity index (χ4n) is 1.62. The molecule has 0 aromatic carbocycles. The minimum absolute atomic E-state index is 0.222. The lowest BCUT2D eigenvalue weighted by Crippen LogP contribution is -2.31. The van der Waals surface area contributed by atoms with Gasteiger partial charge in [0.15, 0.2) is 4.67 Å². The number of hydrogen-bond acceptors (Lipinski definition) is 3. The molecule has 1 aliphatic rings. The first-order chi connectivity index (χ1) is 5.65. The molecule has 0 radical (unpaired) electrons. The Morgan fingerprint density at radius 3 is 3.17 bits per heavy atom. The summed E-state index contributed by atoms with van der Waals surface area (Å²) in [7, 11) is 0. The average Bonchev–Trinajstić information content (AvgIpc) is 2.53. The van der Waals surface area contributed by atoms with Crippen LogP contribution in [0.3, 0.4) is 0 Å². The van der Waals surface area contributed by atoms with Crippen molar-refractivity contribution < 1.29 is 9.52 Å². The maximum Gasteiger partial charge on any atom is 0.169 e. The zero-order valence-electron chi connectivity index (χ0n) is 6.51. The Morgan fingerprint density at radius 2 is 2.50 bits per heavy atom. The Bertz CT molecular complexity index is 310. The zero-order chi connectivity index (χ0) is 8.77. The molecule has 66 valence electrons. The summed E-state index contributed by atoms with van der Waals surface area (Å²) in [5.74, 6) is 0.636. The molecule has 3 nitrogen and oxygen atoms in total. The van der Waals surface area contributed by atoms with E-state index < -0.39 is 5.60 Å². The molecule has 1 aromatic rings. The summed E-state index contributed by atoms with van der Waals surface area (Å²) in [4.78, 5) is 0. The summed E-state index contributed by atoms with van der Waals surface area (Å²) in [6, 6.07) is 1.89. The molecule has 1 atom stereocenters. The number of rotatable bonds is 1. The molecule has 0 fully saturated rings. The summed E-state index contributed by atoms with van der Waals surface area (Å²) in [5, 5.41) is 9.93.